The Bertz CT molecular complexity index is 1060. The molecule has 4 aromatic rings. The van der Waals surface area contributed by atoms with Crippen LogP contribution < -0.4 is 0 Å². The lowest BCUT2D eigenvalue weighted by Gasteiger charge is -2.18. The first-order chi connectivity index (χ1) is 16.3. The van der Waals surface area contributed by atoms with E-state index >= 15 is 0 Å². The number of nitrogens with zero attached hydrogens (tertiary/aromatic N) is 1. The number of aliphatic imine (C=N–C) groups is 1. The second-order valence-electron chi connectivity index (χ2n) is 7.42. The van der Waals surface area contributed by atoms with E-state index in [9.17, 15) is 0 Å². The molecule has 33 heavy (non-hydrogen) atoms. The lowest BCUT2D eigenvalue weighted by Crippen LogP contribution is -2.06. The van der Waals surface area contributed by atoms with Gasteiger partial charge in [0.25, 0.3) is 0 Å². The quantitative estimate of drug-likeness (QED) is 0.0962. The molecule has 0 fully saturated rings. The molecule has 4 aromatic carbocycles. The van der Waals surface area contributed by atoms with E-state index in [2.05, 4.69) is 115 Å². The van der Waals surface area contributed by atoms with Crippen molar-refractivity contribution in [3.05, 3.63) is 127 Å². The molecule has 0 radical (unpaired) electrons. The predicted molar refractivity (Wildman–Crippen MR) is 149 cm³/mol. The van der Waals surface area contributed by atoms with Gasteiger partial charge in [-0.25, -0.2) is 4.99 Å². The first-order valence-electron chi connectivity index (χ1n) is 11.1. The van der Waals surface area contributed by atoms with Crippen molar-refractivity contribution >= 4 is 46.0 Å². The number of benzene rings is 4. The summed E-state index contributed by atoms with van der Waals surface area (Å²) >= 11 is 5.73. The van der Waals surface area contributed by atoms with Gasteiger partial charge in [0.05, 0.1) is 15.3 Å². The van der Waals surface area contributed by atoms with Crippen molar-refractivity contribution in [1.29, 1.82) is 0 Å². The van der Waals surface area contributed by atoms with Crippen LogP contribution >= 0.6 is 35.3 Å². The van der Waals surface area contributed by atoms with Gasteiger partial charge in [-0.2, -0.15) is 0 Å². The van der Waals surface area contributed by atoms with Crippen LogP contribution in [0.25, 0.3) is 0 Å². The fourth-order valence-corrected chi connectivity index (χ4v) is 7.08. The molecule has 0 aromatic heterocycles. The Balaban J connectivity index is 1.52. The minimum Gasteiger partial charge on any atom is -0.247 e. The molecule has 0 heterocycles. The second kappa shape index (κ2) is 13.3. The summed E-state index contributed by atoms with van der Waals surface area (Å²) in [6, 6.07) is 42.4. The molecule has 0 N–H and O–H groups in total. The predicted octanol–water partition coefficient (Wildman–Crippen LogP) is 8.99. The van der Waals surface area contributed by atoms with Crippen LogP contribution in [0.3, 0.4) is 0 Å². The maximum Gasteiger partial charge on any atom is 0.0758 e. The highest BCUT2D eigenvalue weighted by Crippen LogP contribution is 2.39. The van der Waals surface area contributed by atoms with Gasteiger partial charge >= 0.3 is 0 Å². The normalized spacial score (nSPS) is 11.6. The summed E-state index contributed by atoms with van der Waals surface area (Å²) in [5, 5.41) is 1.19. The molecule has 166 valence electrons. The summed E-state index contributed by atoms with van der Waals surface area (Å²) in [6.07, 6.45) is 1.95. The minimum absolute atomic E-state index is 0.335. The van der Waals surface area contributed by atoms with E-state index in [0.29, 0.717) is 4.58 Å². The highest BCUT2D eigenvalue weighted by Gasteiger charge is 2.17. The topological polar surface area (TPSA) is 12.4 Å². The largest absolute Gasteiger partial charge is 0.247 e. The smallest absolute Gasteiger partial charge is 0.0758 e. The number of rotatable bonds is 10. The van der Waals surface area contributed by atoms with Crippen molar-refractivity contribution in [2.45, 2.75) is 27.2 Å². The molecule has 0 amide bonds. The van der Waals surface area contributed by atoms with E-state index in [1.54, 1.807) is 0 Å². The van der Waals surface area contributed by atoms with Crippen LogP contribution in [-0.4, -0.2) is 15.4 Å². The van der Waals surface area contributed by atoms with E-state index in [0.717, 1.165) is 24.3 Å². The molecule has 0 aliphatic rings. The first kappa shape index (κ1) is 23.7. The fraction of sp³-hybridized carbons (Fsp3) is 0.138. The minimum atomic E-state index is 0.335. The molecule has 4 heteroatoms. The van der Waals surface area contributed by atoms with Gasteiger partial charge in [-0.3, -0.25) is 0 Å². The lowest BCUT2D eigenvalue weighted by atomic mass is 10.2. The highest BCUT2D eigenvalue weighted by atomic mass is 32.2. The summed E-state index contributed by atoms with van der Waals surface area (Å²) in [5.74, 6) is 1.02. The summed E-state index contributed by atoms with van der Waals surface area (Å²) in [6.45, 7) is 0. The zero-order chi connectivity index (χ0) is 22.6. The molecule has 0 bridgehead atoms. The number of thioether (sulfide) groups is 3. The maximum atomic E-state index is 5.07. The van der Waals surface area contributed by atoms with Gasteiger partial charge < -0.3 is 0 Å². The summed E-state index contributed by atoms with van der Waals surface area (Å²) in [4.78, 5) is 7.65. The van der Waals surface area contributed by atoms with Crippen LogP contribution in [-0.2, 0) is 6.42 Å². The molecule has 0 aliphatic carbocycles. The lowest BCUT2D eigenvalue weighted by molar-refractivity contribution is 1.16. The molecular formula is C29H27NS3. The van der Waals surface area contributed by atoms with E-state index in [-0.39, 0.29) is 0 Å². The summed E-state index contributed by atoms with van der Waals surface area (Å²) in [5.41, 5.74) is 2.39. The van der Waals surface area contributed by atoms with Crippen molar-refractivity contribution in [3.63, 3.8) is 0 Å². The fourth-order valence-electron chi connectivity index (χ4n) is 3.27. The molecule has 0 aliphatic heterocycles. The van der Waals surface area contributed by atoms with Crippen LogP contribution in [0.5, 0.6) is 0 Å². The number of aryl methyl sites for hydroxylation is 1. The Labute approximate surface area is 210 Å². The molecular weight excluding hydrogens is 459 g/mol. The van der Waals surface area contributed by atoms with Crippen LogP contribution in [0.4, 0.5) is 5.69 Å². The average Bonchev–Trinajstić information content (AvgIpc) is 2.86. The molecule has 4 rings (SSSR count). The third kappa shape index (κ3) is 8.47. The Kier molecular flexibility index (Phi) is 9.60. The number of para-hydroxylation sites is 1. The number of hydrogen-bond donors (Lipinski definition) is 0. The second-order valence-corrected chi connectivity index (χ2v) is 11.4. The number of hydrogen-bond acceptors (Lipinski definition) is 4. The van der Waals surface area contributed by atoms with Crippen LogP contribution in [0.15, 0.2) is 136 Å². The Hall–Kier alpha value is -2.40. The van der Waals surface area contributed by atoms with Gasteiger partial charge in [-0.1, -0.05) is 84.9 Å². The van der Waals surface area contributed by atoms with Gasteiger partial charge in [-0.05, 0) is 48.4 Å². The van der Waals surface area contributed by atoms with Crippen LogP contribution in [0.2, 0.25) is 0 Å². The Morgan fingerprint density at radius 2 is 1.09 bits per heavy atom. The Morgan fingerprint density at radius 3 is 1.64 bits per heavy atom. The molecule has 0 spiro atoms. The van der Waals surface area contributed by atoms with E-state index in [1.807, 2.05) is 41.4 Å². The van der Waals surface area contributed by atoms with E-state index in [4.69, 9.17) is 4.99 Å². The summed E-state index contributed by atoms with van der Waals surface area (Å²) in [7, 11) is 0. The first-order valence-corrected chi connectivity index (χ1v) is 13.8. The third-order valence-corrected chi connectivity index (χ3v) is 8.40. The SMILES string of the molecule is c1ccc(CCSC(CC(Sc2ccccc2)Sc2ccccc2)=Nc2ccccc2)cc1. The standard InChI is InChI=1S/C29H27NS3/c1-5-13-24(14-6-1)21-22-31-28(30-25-15-7-2-8-16-25)23-29(32-26-17-9-3-10-18-26)33-27-19-11-4-12-20-27/h1-20,29H,21-23H2. The zero-order valence-electron chi connectivity index (χ0n) is 18.4. The van der Waals surface area contributed by atoms with Crippen LogP contribution in [0, 0.1) is 0 Å². The maximum absolute atomic E-state index is 5.07. The van der Waals surface area contributed by atoms with Crippen LogP contribution in [0.1, 0.15) is 12.0 Å². The van der Waals surface area contributed by atoms with Gasteiger partial charge in [0.1, 0.15) is 0 Å². The van der Waals surface area contributed by atoms with Gasteiger partial charge in [0.15, 0.2) is 0 Å². The molecule has 0 atom stereocenters. The van der Waals surface area contributed by atoms with Crippen molar-refractivity contribution in [2.24, 2.45) is 4.99 Å². The molecule has 0 unspecified atom stereocenters. The molecule has 0 saturated heterocycles. The zero-order valence-corrected chi connectivity index (χ0v) is 20.9. The van der Waals surface area contributed by atoms with Gasteiger partial charge in [0.2, 0.25) is 0 Å². The summed E-state index contributed by atoms with van der Waals surface area (Å²) < 4.78 is 0.335. The van der Waals surface area contributed by atoms with Gasteiger partial charge in [0, 0.05) is 22.0 Å². The molecule has 0 saturated carbocycles. The third-order valence-electron chi connectivity index (χ3n) is 4.87. The van der Waals surface area contributed by atoms with E-state index in [1.165, 1.54) is 20.4 Å². The average molecular weight is 486 g/mol. The van der Waals surface area contributed by atoms with Crippen molar-refractivity contribution in [1.82, 2.24) is 0 Å². The monoisotopic (exact) mass is 485 g/mol. The molecule has 1 nitrogen and oxygen atoms in total. The highest BCUT2D eigenvalue weighted by molar-refractivity contribution is 8.17. The van der Waals surface area contributed by atoms with Gasteiger partial charge in [-0.15, -0.1) is 35.3 Å². The van der Waals surface area contributed by atoms with Crippen molar-refractivity contribution in [2.75, 3.05) is 5.75 Å². The van der Waals surface area contributed by atoms with Crippen molar-refractivity contribution < 1.29 is 0 Å². The Morgan fingerprint density at radius 1 is 0.606 bits per heavy atom. The van der Waals surface area contributed by atoms with Crippen molar-refractivity contribution in [3.8, 4) is 0 Å². The van der Waals surface area contributed by atoms with E-state index < -0.39 is 0 Å².